The second-order valence-corrected chi connectivity index (χ2v) is 8.50. The van der Waals surface area contributed by atoms with Crippen molar-refractivity contribution in [2.45, 2.75) is 31.4 Å². The Bertz CT molecular complexity index is 1180. The van der Waals surface area contributed by atoms with Crippen molar-refractivity contribution in [3.05, 3.63) is 64.7 Å². The van der Waals surface area contributed by atoms with Gasteiger partial charge in [-0.1, -0.05) is 30.3 Å². The molecule has 9 heteroatoms. The smallest absolute Gasteiger partial charge is 0.418 e. The van der Waals surface area contributed by atoms with Crippen LogP contribution < -0.4 is 10.6 Å². The summed E-state index contributed by atoms with van der Waals surface area (Å²) in [6, 6.07) is 12.7. The Kier molecular flexibility index (Phi) is 5.03. The first-order valence-corrected chi connectivity index (χ1v) is 10.9. The first-order valence-electron chi connectivity index (χ1n) is 10.9. The molecule has 1 atom stereocenters. The molecule has 0 aromatic heterocycles. The summed E-state index contributed by atoms with van der Waals surface area (Å²) < 4.78 is 5.61. The molecule has 0 unspecified atom stereocenters. The van der Waals surface area contributed by atoms with Gasteiger partial charge >= 0.3 is 12.1 Å². The van der Waals surface area contributed by atoms with E-state index in [0.717, 1.165) is 22.4 Å². The van der Waals surface area contributed by atoms with Crippen molar-refractivity contribution in [3.63, 3.8) is 0 Å². The summed E-state index contributed by atoms with van der Waals surface area (Å²) in [5, 5.41) is 5.18. The Balaban J connectivity index is 1.32. The number of imide groups is 1. The molecule has 1 saturated heterocycles. The van der Waals surface area contributed by atoms with Gasteiger partial charge < -0.3 is 20.3 Å². The topological polar surface area (TPSA) is 108 Å². The average molecular weight is 448 g/mol. The maximum atomic E-state index is 13.4. The number of ether oxygens (including phenoxy) is 1. The highest BCUT2D eigenvalue weighted by Crippen LogP contribution is 2.46. The highest BCUT2D eigenvalue weighted by atomic mass is 16.6. The molecule has 33 heavy (non-hydrogen) atoms. The summed E-state index contributed by atoms with van der Waals surface area (Å²) in [6.07, 6.45) is 0.760. The fraction of sp³-hybridized carbons (Fsp3) is 0.333. The van der Waals surface area contributed by atoms with Gasteiger partial charge in [-0.3, -0.25) is 9.59 Å². The van der Waals surface area contributed by atoms with Gasteiger partial charge in [0.15, 0.2) is 0 Å². The quantitative estimate of drug-likeness (QED) is 0.748. The van der Waals surface area contributed by atoms with E-state index in [9.17, 15) is 19.2 Å². The Morgan fingerprint density at radius 2 is 1.85 bits per heavy atom. The van der Waals surface area contributed by atoms with Crippen molar-refractivity contribution >= 4 is 29.6 Å². The van der Waals surface area contributed by atoms with Crippen LogP contribution in [0.3, 0.4) is 0 Å². The molecule has 2 aliphatic heterocycles. The molecule has 0 bridgehead atoms. The second-order valence-electron chi connectivity index (χ2n) is 8.50. The Morgan fingerprint density at radius 1 is 1.06 bits per heavy atom. The standard InChI is InChI=1S/C24H24N4O5/c1-25-22(31)26-18-6-7-19-16(12-18)8-10-24(19)21(30)28(23(32)33-24)14-20(29)27-11-9-15-4-2-3-5-17(15)13-27/h2-7,12H,8-11,13-14H2,1H3,(H2,25,26,31)/t24-/m1/s1. The van der Waals surface area contributed by atoms with Gasteiger partial charge in [0.1, 0.15) is 6.54 Å². The van der Waals surface area contributed by atoms with E-state index in [0.29, 0.717) is 37.2 Å². The minimum absolute atomic E-state index is 0.282. The summed E-state index contributed by atoms with van der Waals surface area (Å²) in [7, 11) is 1.52. The molecule has 2 heterocycles. The molecule has 1 spiro atoms. The van der Waals surface area contributed by atoms with Gasteiger partial charge in [0.05, 0.1) is 0 Å². The van der Waals surface area contributed by atoms with Crippen LogP contribution in [-0.2, 0) is 39.3 Å². The van der Waals surface area contributed by atoms with E-state index >= 15 is 0 Å². The lowest BCUT2D eigenvalue weighted by molar-refractivity contribution is -0.142. The zero-order valence-corrected chi connectivity index (χ0v) is 18.2. The molecule has 1 aliphatic carbocycles. The molecule has 2 aromatic carbocycles. The van der Waals surface area contributed by atoms with E-state index in [4.69, 9.17) is 4.74 Å². The molecule has 0 radical (unpaired) electrons. The molecule has 1 fully saturated rings. The third-order valence-corrected chi connectivity index (χ3v) is 6.62. The van der Waals surface area contributed by atoms with Crippen molar-refractivity contribution in [3.8, 4) is 0 Å². The van der Waals surface area contributed by atoms with Crippen LogP contribution in [0.15, 0.2) is 42.5 Å². The lowest BCUT2D eigenvalue weighted by atomic mass is 9.94. The summed E-state index contributed by atoms with van der Waals surface area (Å²) in [6.45, 7) is 0.663. The van der Waals surface area contributed by atoms with Crippen molar-refractivity contribution < 1.29 is 23.9 Å². The number of fused-ring (bicyclic) bond motifs is 3. The van der Waals surface area contributed by atoms with E-state index < -0.39 is 17.6 Å². The van der Waals surface area contributed by atoms with Crippen LogP contribution in [0.4, 0.5) is 15.3 Å². The van der Waals surface area contributed by atoms with Gasteiger partial charge in [-0.05, 0) is 41.7 Å². The zero-order valence-electron chi connectivity index (χ0n) is 18.2. The number of benzene rings is 2. The molecular formula is C24H24N4O5. The van der Waals surface area contributed by atoms with Gasteiger partial charge in [0.25, 0.3) is 5.91 Å². The number of hydrogen-bond donors (Lipinski definition) is 2. The minimum atomic E-state index is -1.41. The molecule has 5 rings (SSSR count). The molecule has 3 aliphatic rings. The first kappa shape index (κ1) is 21.0. The minimum Gasteiger partial charge on any atom is -0.427 e. The predicted molar refractivity (Wildman–Crippen MR) is 118 cm³/mol. The number of nitrogens with one attached hydrogen (secondary N) is 2. The highest BCUT2D eigenvalue weighted by molar-refractivity contribution is 6.06. The van der Waals surface area contributed by atoms with Crippen LogP contribution in [0.1, 0.15) is 28.7 Å². The molecule has 170 valence electrons. The van der Waals surface area contributed by atoms with Gasteiger partial charge in [-0.15, -0.1) is 0 Å². The van der Waals surface area contributed by atoms with Gasteiger partial charge in [-0.2, -0.15) is 0 Å². The number of amides is 5. The second kappa shape index (κ2) is 7.91. The van der Waals surface area contributed by atoms with E-state index in [1.807, 2.05) is 18.2 Å². The monoisotopic (exact) mass is 448 g/mol. The van der Waals surface area contributed by atoms with Gasteiger partial charge in [-0.25, -0.2) is 14.5 Å². The zero-order chi connectivity index (χ0) is 23.2. The third kappa shape index (κ3) is 3.49. The SMILES string of the molecule is CNC(=O)Nc1ccc2c(c1)CC[C@@]21OC(=O)N(CC(=O)N2CCc3ccccc3C2)C1=O. The molecular weight excluding hydrogens is 424 g/mol. The van der Waals surface area contributed by atoms with E-state index in [2.05, 4.69) is 16.7 Å². The maximum Gasteiger partial charge on any atom is 0.418 e. The molecule has 0 saturated carbocycles. The average Bonchev–Trinajstić information content (AvgIpc) is 3.30. The first-order chi connectivity index (χ1) is 15.9. The number of nitrogens with zero attached hydrogens (tertiary/aromatic N) is 2. The Labute approximate surface area is 190 Å². The van der Waals surface area contributed by atoms with Crippen LogP contribution in [0.5, 0.6) is 0 Å². The van der Waals surface area contributed by atoms with Crippen molar-refractivity contribution in [1.29, 1.82) is 0 Å². The summed E-state index contributed by atoms with van der Waals surface area (Å²) in [5.74, 6) is -0.792. The predicted octanol–water partition coefficient (Wildman–Crippen LogP) is 2.14. The number of rotatable bonds is 3. The molecule has 9 nitrogen and oxygen atoms in total. The lowest BCUT2D eigenvalue weighted by Gasteiger charge is -2.29. The normalized spacial score (nSPS) is 21.0. The van der Waals surface area contributed by atoms with Crippen LogP contribution in [0.2, 0.25) is 0 Å². The number of carbonyl (C=O) groups excluding carboxylic acids is 4. The maximum absolute atomic E-state index is 13.4. The van der Waals surface area contributed by atoms with Crippen molar-refractivity contribution in [2.24, 2.45) is 0 Å². The van der Waals surface area contributed by atoms with Gasteiger partial charge in [0.2, 0.25) is 11.5 Å². The summed E-state index contributed by atoms with van der Waals surface area (Å²) >= 11 is 0. The van der Waals surface area contributed by atoms with Crippen molar-refractivity contribution in [1.82, 2.24) is 15.1 Å². The van der Waals surface area contributed by atoms with Crippen LogP contribution >= 0.6 is 0 Å². The lowest BCUT2D eigenvalue weighted by Crippen LogP contribution is -2.45. The van der Waals surface area contributed by atoms with Crippen LogP contribution in [0, 0.1) is 0 Å². The third-order valence-electron chi connectivity index (χ3n) is 6.62. The van der Waals surface area contributed by atoms with E-state index in [1.165, 1.54) is 12.6 Å². The number of carbonyl (C=O) groups is 4. The fourth-order valence-electron chi connectivity index (χ4n) is 4.87. The Morgan fingerprint density at radius 3 is 2.64 bits per heavy atom. The number of urea groups is 1. The highest BCUT2D eigenvalue weighted by Gasteiger charge is 2.58. The largest absolute Gasteiger partial charge is 0.427 e. The molecule has 5 amide bonds. The van der Waals surface area contributed by atoms with Crippen LogP contribution in [-0.4, -0.2) is 53.9 Å². The van der Waals surface area contributed by atoms with Crippen LogP contribution in [0.25, 0.3) is 0 Å². The summed E-state index contributed by atoms with van der Waals surface area (Å²) in [5.41, 5.74) is 2.89. The number of hydrogen-bond acceptors (Lipinski definition) is 5. The number of anilines is 1. The summed E-state index contributed by atoms with van der Waals surface area (Å²) in [4.78, 5) is 53.2. The van der Waals surface area contributed by atoms with E-state index in [1.54, 1.807) is 23.1 Å². The number of aryl methyl sites for hydroxylation is 1. The van der Waals surface area contributed by atoms with E-state index in [-0.39, 0.29) is 18.5 Å². The van der Waals surface area contributed by atoms with Gasteiger partial charge in [0, 0.05) is 37.8 Å². The molecule has 2 N–H and O–H groups in total. The molecule has 2 aromatic rings. The van der Waals surface area contributed by atoms with Crippen molar-refractivity contribution in [2.75, 3.05) is 25.5 Å². The Hall–Kier alpha value is -3.88. The fourth-order valence-corrected chi connectivity index (χ4v) is 4.87.